The molecule has 0 aliphatic rings. The van der Waals surface area contributed by atoms with E-state index in [9.17, 15) is 4.79 Å². The maximum atomic E-state index is 11.2. The first kappa shape index (κ1) is 10.6. The van der Waals surface area contributed by atoms with Crippen molar-refractivity contribution in [3.05, 3.63) is 24.3 Å². The summed E-state index contributed by atoms with van der Waals surface area (Å²) in [6, 6.07) is -0.661. The molecule has 0 spiro atoms. The van der Waals surface area contributed by atoms with Crippen molar-refractivity contribution in [2.75, 3.05) is 6.61 Å². The van der Waals surface area contributed by atoms with Gasteiger partial charge in [-0.15, -0.1) is 0 Å². The summed E-state index contributed by atoms with van der Waals surface area (Å²) in [6.45, 7) is 2.08. The minimum Gasteiger partial charge on any atom is -0.465 e. The normalized spacial score (nSPS) is 12.1. The molecule has 5 nitrogen and oxygen atoms in total. The zero-order valence-corrected chi connectivity index (χ0v) is 8.01. The molecule has 1 atom stereocenters. The third-order valence-electron chi connectivity index (χ3n) is 1.64. The van der Waals surface area contributed by atoms with E-state index < -0.39 is 12.0 Å². The van der Waals surface area contributed by atoms with Gasteiger partial charge in [-0.25, -0.2) is 0 Å². The average Bonchev–Trinajstić information content (AvgIpc) is 2.19. The van der Waals surface area contributed by atoms with Gasteiger partial charge in [-0.1, -0.05) is 0 Å². The van der Waals surface area contributed by atoms with E-state index >= 15 is 0 Å². The maximum Gasteiger partial charge on any atom is 0.323 e. The smallest absolute Gasteiger partial charge is 0.323 e. The lowest BCUT2D eigenvalue weighted by molar-refractivity contribution is -0.144. The van der Waals surface area contributed by atoms with E-state index in [2.05, 4.69) is 9.97 Å². The predicted octanol–water partition coefficient (Wildman–Crippen LogP) is -0.0905. The predicted molar refractivity (Wildman–Crippen MR) is 50.3 cm³/mol. The first-order valence-corrected chi connectivity index (χ1v) is 4.41. The molecule has 0 amide bonds. The second-order valence-electron chi connectivity index (χ2n) is 2.76. The number of esters is 1. The molecule has 0 saturated carbocycles. The van der Waals surface area contributed by atoms with Gasteiger partial charge in [0, 0.05) is 25.0 Å². The van der Waals surface area contributed by atoms with Crippen LogP contribution >= 0.6 is 0 Å². The number of carbonyl (C=O) groups excluding carboxylic acids is 1. The van der Waals surface area contributed by atoms with Gasteiger partial charge in [0.15, 0.2) is 0 Å². The Morgan fingerprint density at radius 3 is 3.00 bits per heavy atom. The lowest BCUT2D eigenvalue weighted by atomic mass is 10.2. The number of hydrogen-bond donors (Lipinski definition) is 1. The van der Waals surface area contributed by atoms with Crippen LogP contribution in [0.5, 0.6) is 0 Å². The van der Waals surface area contributed by atoms with Crippen LogP contribution in [0, 0.1) is 0 Å². The van der Waals surface area contributed by atoms with Gasteiger partial charge in [0.1, 0.15) is 6.04 Å². The Bertz CT molecular complexity index is 289. The molecule has 1 aromatic heterocycles. The van der Waals surface area contributed by atoms with Crippen molar-refractivity contribution < 1.29 is 9.53 Å². The number of rotatable bonds is 4. The summed E-state index contributed by atoms with van der Waals surface area (Å²) in [5, 5.41) is 0. The highest BCUT2D eigenvalue weighted by Gasteiger charge is 2.15. The van der Waals surface area contributed by atoms with E-state index in [-0.39, 0.29) is 0 Å². The number of ether oxygens (including phenoxy) is 1. The van der Waals surface area contributed by atoms with Gasteiger partial charge < -0.3 is 10.5 Å². The van der Waals surface area contributed by atoms with E-state index in [1.165, 1.54) is 0 Å². The minimum atomic E-state index is -0.661. The highest BCUT2D eigenvalue weighted by Crippen LogP contribution is 1.97. The molecule has 0 unspecified atom stereocenters. The molecular weight excluding hydrogens is 182 g/mol. The van der Waals surface area contributed by atoms with Crippen molar-refractivity contribution in [2.24, 2.45) is 5.73 Å². The molecule has 0 bridgehead atoms. The number of nitrogens with zero attached hydrogens (tertiary/aromatic N) is 2. The molecule has 5 heteroatoms. The molecule has 0 radical (unpaired) electrons. The first-order chi connectivity index (χ1) is 6.74. The van der Waals surface area contributed by atoms with Crippen molar-refractivity contribution >= 4 is 5.97 Å². The molecule has 14 heavy (non-hydrogen) atoms. The molecule has 0 fully saturated rings. The van der Waals surface area contributed by atoms with Gasteiger partial charge in [0.25, 0.3) is 0 Å². The molecule has 0 aromatic carbocycles. The largest absolute Gasteiger partial charge is 0.465 e. The van der Waals surface area contributed by atoms with E-state index in [4.69, 9.17) is 10.5 Å². The van der Waals surface area contributed by atoms with Crippen molar-refractivity contribution in [1.82, 2.24) is 9.97 Å². The fourth-order valence-electron chi connectivity index (χ4n) is 0.993. The highest BCUT2D eigenvalue weighted by atomic mass is 16.5. The van der Waals surface area contributed by atoms with Gasteiger partial charge in [0.2, 0.25) is 0 Å². The Morgan fingerprint density at radius 2 is 2.43 bits per heavy atom. The van der Waals surface area contributed by atoms with Crippen LogP contribution in [0.3, 0.4) is 0 Å². The summed E-state index contributed by atoms with van der Waals surface area (Å²) < 4.78 is 4.76. The molecule has 76 valence electrons. The van der Waals surface area contributed by atoms with Gasteiger partial charge in [-0.2, -0.15) is 0 Å². The standard InChI is InChI=1S/C9H13N3O2/c1-2-14-9(13)8(10)5-7-6-11-3-4-12-7/h3-4,6,8H,2,5,10H2,1H3/t8-/m1/s1. The first-order valence-electron chi connectivity index (χ1n) is 4.41. The quantitative estimate of drug-likeness (QED) is 0.679. The lowest BCUT2D eigenvalue weighted by Gasteiger charge is -2.08. The van der Waals surface area contributed by atoms with Crippen LogP contribution in [0.25, 0.3) is 0 Å². The summed E-state index contributed by atoms with van der Waals surface area (Å²) in [5.74, 6) is -0.404. The van der Waals surface area contributed by atoms with Crippen molar-refractivity contribution in [3.8, 4) is 0 Å². The molecular formula is C9H13N3O2. The second kappa shape index (κ2) is 5.29. The third kappa shape index (κ3) is 3.10. The number of nitrogens with two attached hydrogens (primary N) is 1. The topological polar surface area (TPSA) is 78.1 Å². The molecule has 0 saturated heterocycles. The van der Waals surface area contributed by atoms with Crippen molar-refractivity contribution in [2.45, 2.75) is 19.4 Å². The van der Waals surface area contributed by atoms with Crippen LogP contribution < -0.4 is 5.73 Å². The molecule has 2 N–H and O–H groups in total. The van der Waals surface area contributed by atoms with Crippen molar-refractivity contribution in [1.29, 1.82) is 0 Å². The SMILES string of the molecule is CCOC(=O)[C@H](N)Cc1cnccn1. The monoisotopic (exact) mass is 195 g/mol. The van der Waals surface area contributed by atoms with Crippen LogP contribution in [0.15, 0.2) is 18.6 Å². The molecule has 0 aliphatic heterocycles. The maximum absolute atomic E-state index is 11.2. The van der Waals surface area contributed by atoms with Gasteiger partial charge in [-0.05, 0) is 6.92 Å². The molecule has 0 aliphatic carbocycles. The lowest BCUT2D eigenvalue weighted by Crippen LogP contribution is -2.34. The zero-order chi connectivity index (χ0) is 10.4. The fraction of sp³-hybridized carbons (Fsp3) is 0.444. The second-order valence-corrected chi connectivity index (χ2v) is 2.76. The highest BCUT2D eigenvalue weighted by molar-refractivity contribution is 5.75. The summed E-state index contributed by atoms with van der Waals surface area (Å²) in [7, 11) is 0. The Hall–Kier alpha value is -1.49. The van der Waals surface area contributed by atoms with Crippen LogP contribution in [0.1, 0.15) is 12.6 Å². The Kier molecular flexibility index (Phi) is 4.00. The van der Waals surface area contributed by atoms with Crippen LogP contribution in [-0.4, -0.2) is 28.6 Å². The Balaban J connectivity index is 2.49. The fourth-order valence-corrected chi connectivity index (χ4v) is 0.993. The van der Waals surface area contributed by atoms with E-state index in [1.54, 1.807) is 25.5 Å². The average molecular weight is 195 g/mol. The summed E-state index contributed by atoms with van der Waals surface area (Å²) in [6.07, 6.45) is 5.07. The summed E-state index contributed by atoms with van der Waals surface area (Å²) in [4.78, 5) is 19.0. The molecule has 1 rings (SSSR count). The van der Waals surface area contributed by atoms with Gasteiger partial charge in [0.05, 0.1) is 12.3 Å². The number of hydrogen-bond acceptors (Lipinski definition) is 5. The van der Waals surface area contributed by atoms with E-state index in [0.717, 1.165) is 0 Å². The molecule has 1 heterocycles. The third-order valence-corrected chi connectivity index (χ3v) is 1.64. The van der Waals surface area contributed by atoms with Crippen LogP contribution in [0.4, 0.5) is 0 Å². The zero-order valence-electron chi connectivity index (χ0n) is 8.01. The number of carbonyl (C=O) groups is 1. The van der Waals surface area contributed by atoms with Crippen molar-refractivity contribution in [3.63, 3.8) is 0 Å². The molecule has 1 aromatic rings. The summed E-state index contributed by atoms with van der Waals surface area (Å²) >= 11 is 0. The summed E-state index contributed by atoms with van der Waals surface area (Å²) in [5.41, 5.74) is 6.28. The van der Waals surface area contributed by atoms with E-state index in [0.29, 0.717) is 18.7 Å². The Morgan fingerprint density at radius 1 is 1.64 bits per heavy atom. The minimum absolute atomic E-state index is 0.340. The van der Waals surface area contributed by atoms with Gasteiger partial charge in [-0.3, -0.25) is 14.8 Å². The van der Waals surface area contributed by atoms with Crippen LogP contribution in [-0.2, 0) is 16.0 Å². The van der Waals surface area contributed by atoms with Crippen LogP contribution in [0.2, 0.25) is 0 Å². The van der Waals surface area contributed by atoms with E-state index in [1.807, 2.05) is 0 Å². The number of aromatic nitrogens is 2. The Labute approximate surface area is 82.3 Å². The van der Waals surface area contributed by atoms with Gasteiger partial charge >= 0.3 is 5.97 Å².